The summed E-state index contributed by atoms with van der Waals surface area (Å²) < 4.78 is 24.1. The van der Waals surface area contributed by atoms with Crippen molar-refractivity contribution < 1.29 is 18.7 Å². The molecule has 0 bridgehead atoms. The summed E-state index contributed by atoms with van der Waals surface area (Å²) in [5.41, 5.74) is 0.336. The van der Waals surface area contributed by atoms with E-state index in [1.807, 2.05) is 26.8 Å². The number of likely N-dealkylation sites (tertiary alicyclic amines) is 1. The number of benzene rings is 1. The fraction of sp³-hybridized carbons (Fsp3) is 0.611. The highest BCUT2D eigenvalue weighted by Gasteiger charge is 2.35. The molecular weight excluding hydrogens is 311 g/mol. The Hall–Kier alpha value is -1.66. The largest absolute Gasteiger partial charge is 0.444 e. The Labute approximate surface area is 143 Å². The second-order valence-electron chi connectivity index (χ2n) is 7.17. The number of alkyl carbamates (subject to hydrolysis) is 1. The first-order valence-corrected chi connectivity index (χ1v) is 8.25. The van der Waals surface area contributed by atoms with Crippen LogP contribution in [0.2, 0.25) is 0 Å². The van der Waals surface area contributed by atoms with E-state index in [1.165, 1.54) is 12.1 Å². The van der Waals surface area contributed by atoms with Crippen LogP contribution in [0.4, 0.5) is 9.18 Å². The molecule has 134 valence electrons. The van der Waals surface area contributed by atoms with Crippen molar-refractivity contribution in [3.05, 3.63) is 35.6 Å². The molecule has 1 aliphatic heterocycles. The lowest BCUT2D eigenvalue weighted by Crippen LogP contribution is -2.42. The molecule has 1 saturated heterocycles. The minimum atomic E-state index is -0.549. The minimum Gasteiger partial charge on any atom is -0.444 e. The molecule has 1 N–H and O–H groups in total. The summed E-state index contributed by atoms with van der Waals surface area (Å²) in [6.07, 6.45) is -0.442. The van der Waals surface area contributed by atoms with E-state index in [9.17, 15) is 9.18 Å². The van der Waals surface area contributed by atoms with Crippen LogP contribution in [0.25, 0.3) is 0 Å². The first kappa shape index (κ1) is 18.7. The average Bonchev–Trinajstić information content (AvgIpc) is 2.85. The van der Waals surface area contributed by atoms with Crippen molar-refractivity contribution in [1.29, 1.82) is 0 Å². The summed E-state index contributed by atoms with van der Waals surface area (Å²) in [6, 6.07) is 6.44. The lowest BCUT2D eigenvalue weighted by Gasteiger charge is -2.24. The Morgan fingerprint density at radius 3 is 2.75 bits per heavy atom. The van der Waals surface area contributed by atoms with Crippen LogP contribution < -0.4 is 5.32 Å². The predicted octanol–water partition coefficient (Wildman–Crippen LogP) is 2.76. The zero-order valence-electron chi connectivity index (χ0n) is 14.8. The summed E-state index contributed by atoms with van der Waals surface area (Å²) in [7, 11) is 1.66. The number of nitrogens with zero attached hydrogens (tertiary/aromatic N) is 1. The number of carbonyl (C=O) groups is 1. The van der Waals surface area contributed by atoms with Gasteiger partial charge >= 0.3 is 6.09 Å². The predicted molar refractivity (Wildman–Crippen MR) is 90.6 cm³/mol. The van der Waals surface area contributed by atoms with E-state index in [1.54, 1.807) is 13.2 Å². The van der Waals surface area contributed by atoms with Crippen LogP contribution >= 0.6 is 0 Å². The maximum atomic E-state index is 13.6. The Bertz CT molecular complexity index is 559. The van der Waals surface area contributed by atoms with Crippen LogP contribution in [0.15, 0.2) is 24.3 Å². The minimum absolute atomic E-state index is 0.0186. The van der Waals surface area contributed by atoms with E-state index >= 15 is 0 Å². The Balaban J connectivity index is 2.10. The van der Waals surface area contributed by atoms with Gasteiger partial charge in [0.25, 0.3) is 0 Å². The second kappa shape index (κ2) is 7.94. The van der Waals surface area contributed by atoms with Crippen LogP contribution in [0.5, 0.6) is 0 Å². The van der Waals surface area contributed by atoms with Gasteiger partial charge in [-0.1, -0.05) is 12.1 Å². The van der Waals surface area contributed by atoms with Gasteiger partial charge in [-0.2, -0.15) is 0 Å². The molecule has 6 heteroatoms. The van der Waals surface area contributed by atoms with Crippen molar-refractivity contribution >= 4 is 6.09 Å². The zero-order valence-corrected chi connectivity index (χ0v) is 14.8. The summed E-state index contributed by atoms with van der Waals surface area (Å²) in [5, 5.41) is 2.94. The van der Waals surface area contributed by atoms with Gasteiger partial charge in [0, 0.05) is 32.7 Å². The van der Waals surface area contributed by atoms with Gasteiger partial charge in [0.1, 0.15) is 11.4 Å². The molecule has 2 atom stereocenters. The van der Waals surface area contributed by atoms with E-state index in [0.717, 1.165) is 18.7 Å². The molecule has 1 amide bonds. The number of carbonyl (C=O) groups excluding carboxylic acids is 1. The van der Waals surface area contributed by atoms with Gasteiger partial charge in [0.15, 0.2) is 0 Å². The number of hydrogen-bond acceptors (Lipinski definition) is 4. The number of ether oxygens (including phenoxy) is 2. The quantitative estimate of drug-likeness (QED) is 0.897. The third-order valence-corrected chi connectivity index (χ3v) is 3.99. The van der Waals surface area contributed by atoms with E-state index < -0.39 is 11.7 Å². The molecule has 1 heterocycles. The third-order valence-electron chi connectivity index (χ3n) is 3.99. The summed E-state index contributed by atoms with van der Waals surface area (Å²) in [4.78, 5) is 14.3. The molecule has 1 aromatic rings. The monoisotopic (exact) mass is 338 g/mol. The van der Waals surface area contributed by atoms with Gasteiger partial charge in [-0.05, 0) is 38.5 Å². The molecule has 1 unspecified atom stereocenters. The van der Waals surface area contributed by atoms with E-state index in [4.69, 9.17) is 9.47 Å². The van der Waals surface area contributed by atoms with Crippen molar-refractivity contribution in [2.24, 2.45) is 0 Å². The maximum absolute atomic E-state index is 13.6. The highest BCUT2D eigenvalue weighted by atomic mass is 19.1. The topological polar surface area (TPSA) is 50.8 Å². The van der Waals surface area contributed by atoms with Crippen LogP contribution in [0.1, 0.15) is 32.3 Å². The Morgan fingerprint density at radius 2 is 2.12 bits per heavy atom. The highest BCUT2D eigenvalue weighted by molar-refractivity contribution is 5.68. The Morgan fingerprint density at radius 1 is 1.38 bits per heavy atom. The second-order valence-corrected chi connectivity index (χ2v) is 7.17. The van der Waals surface area contributed by atoms with Crippen molar-refractivity contribution in [2.45, 2.75) is 38.3 Å². The summed E-state index contributed by atoms with van der Waals surface area (Å²) in [5.74, 6) is -0.246. The number of methoxy groups -OCH3 is 1. The van der Waals surface area contributed by atoms with E-state index in [2.05, 4.69) is 10.2 Å². The SMILES string of the molecule is COCCN1CC(NC(=O)OC(C)(C)C)[C@H](c2cccc(F)c2)C1. The summed E-state index contributed by atoms with van der Waals surface area (Å²) >= 11 is 0. The first-order valence-electron chi connectivity index (χ1n) is 8.25. The molecule has 1 fully saturated rings. The zero-order chi connectivity index (χ0) is 17.7. The van der Waals surface area contributed by atoms with Crippen molar-refractivity contribution in [2.75, 3.05) is 33.4 Å². The van der Waals surface area contributed by atoms with Crippen LogP contribution in [0.3, 0.4) is 0 Å². The molecule has 1 aromatic carbocycles. The maximum Gasteiger partial charge on any atom is 0.407 e. The smallest absolute Gasteiger partial charge is 0.407 e. The van der Waals surface area contributed by atoms with Crippen molar-refractivity contribution in [1.82, 2.24) is 10.2 Å². The van der Waals surface area contributed by atoms with E-state index in [-0.39, 0.29) is 17.8 Å². The molecule has 2 rings (SSSR count). The normalized spacial score (nSPS) is 21.7. The molecule has 0 radical (unpaired) electrons. The molecule has 5 nitrogen and oxygen atoms in total. The van der Waals surface area contributed by atoms with Gasteiger partial charge in [0.2, 0.25) is 0 Å². The fourth-order valence-corrected chi connectivity index (χ4v) is 2.97. The number of halogens is 1. The van der Waals surface area contributed by atoms with Crippen molar-refractivity contribution in [3.63, 3.8) is 0 Å². The molecule has 0 spiro atoms. The molecule has 0 aromatic heterocycles. The highest BCUT2D eigenvalue weighted by Crippen LogP contribution is 2.28. The number of amides is 1. The van der Waals surface area contributed by atoms with Gasteiger partial charge in [-0.25, -0.2) is 9.18 Å². The summed E-state index contributed by atoms with van der Waals surface area (Å²) in [6.45, 7) is 8.31. The van der Waals surface area contributed by atoms with Gasteiger partial charge in [-0.15, -0.1) is 0 Å². The molecule has 0 aliphatic carbocycles. The van der Waals surface area contributed by atoms with E-state index in [0.29, 0.717) is 13.2 Å². The van der Waals surface area contributed by atoms with Crippen LogP contribution in [0, 0.1) is 5.82 Å². The standard InChI is InChI=1S/C18H27FN2O3/c1-18(2,3)24-17(22)20-16-12-21(8-9-23-4)11-15(16)13-6-5-7-14(19)10-13/h5-7,10,15-16H,8-9,11-12H2,1-4H3,(H,20,22)/t15-,16?/m0/s1. The number of nitrogens with one attached hydrogen (secondary N) is 1. The molecular formula is C18H27FN2O3. The van der Waals surface area contributed by atoms with Gasteiger partial charge in [-0.3, -0.25) is 4.90 Å². The molecule has 0 saturated carbocycles. The van der Waals surface area contributed by atoms with Gasteiger partial charge in [0.05, 0.1) is 12.6 Å². The number of rotatable bonds is 5. The first-order chi connectivity index (χ1) is 11.3. The average molecular weight is 338 g/mol. The fourth-order valence-electron chi connectivity index (χ4n) is 2.97. The van der Waals surface area contributed by atoms with Gasteiger partial charge < -0.3 is 14.8 Å². The lowest BCUT2D eigenvalue weighted by molar-refractivity contribution is 0.0501. The number of hydrogen-bond donors (Lipinski definition) is 1. The van der Waals surface area contributed by atoms with Crippen LogP contribution in [-0.2, 0) is 9.47 Å². The Kier molecular flexibility index (Phi) is 6.18. The lowest BCUT2D eigenvalue weighted by atomic mass is 9.94. The van der Waals surface area contributed by atoms with Crippen LogP contribution in [-0.4, -0.2) is 56.0 Å². The molecule has 1 aliphatic rings. The van der Waals surface area contributed by atoms with Crippen molar-refractivity contribution in [3.8, 4) is 0 Å². The third kappa shape index (κ3) is 5.46. The molecule has 24 heavy (non-hydrogen) atoms.